The number of nitrogens with one attached hydrogen (secondary N) is 1. The summed E-state index contributed by atoms with van der Waals surface area (Å²) in [6.45, 7) is 3.43. The zero-order valence-corrected chi connectivity index (χ0v) is 12.5. The predicted octanol–water partition coefficient (Wildman–Crippen LogP) is 1.69. The second kappa shape index (κ2) is 8.14. The van der Waals surface area contributed by atoms with Crippen molar-refractivity contribution in [1.82, 2.24) is 5.32 Å². The van der Waals surface area contributed by atoms with Gasteiger partial charge in [-0.2, -0.15) is 0 Å². The van der Waals surface area contributed by atoms with E-state index in [9.17, 15) is 9.59 Å². The number of carboxylic acid groups (broad SMARTS) is 1. The Bertz CT molecular complexity index is 471. The van der Waals surface area contributed by atoms with Crippen LogP contribution >= 0.6 is 0 Å². The highest BCUT2D eigenvalue weighted by atomic mass is 16.5. The Balaban J connectivity index is 2.50. The van der Waals surface area contributed by atoms with E-state index in [2.05, 4.69) is 5.32 Å². The Hall–Kier alpha value is -2.24. The minimum Gasteiger partial charge on any atom is -0.497 e. The zero-order valence-electron chi connectivity index (χ0n) is 12.5. The van der Waals surface area contributed by atoms with Crippen molar-refractivity contribution < 1.29 is 24.2 Å². The van der Waals surface area contributed by atoms with Crippen molar-refractivity contribution in [1.29, 1.82) is 0 Å². The fourth-order valence-corrected chi connectivity index (χ4v) is 1.72. The maximum atomic E-state index is 11.8. The van der Waals surface area contributed by atoms with Crippen LogP contribution in [-0.4, -0.2) is 36.7 Å². The molecule has 1 unspecified atom stereocenters. The van der Waals surface area contributed by atoms with Gasteiger partial charge in [0.05, 0.1) is 7.11 Å². The summed E-state index contributed by atoms with van der Waals surface area (Å²) in [6.07, 6.45) is 0.663. The smallest absolute Gasteiger partial charge is 0.326 e. The van der Waals surface area contributed by atoms with Crippen LogP contribution < -0.4 is 14.8 Å². The summed E-state index contributed by atoms with van der Waals surface area (Å²) in [5.41, 5.74) is 0. The van der Waals surface area contributed by atoms with Gasteiger partial charge in [-0.05, 0) is 30.2 Å². The Kier molecular flexibility index (Phi) is 6.52. The van der Waals surface area contributed by atoms with Crippen molar-refractivity contribution >= 4 is 11.9 Å². The number of hydrogen-bond acceptors (Lipinski definition) is 4. The molecule has 1 aromatic rings. The number of methoxy groups -OCH3 is 1. The summed E-state index contributed by atoms with van der Waals surface area (Å²) >= 11 is 0. The molecule has 0 saturated carbocycles. The first-order valence-electron chi connectivity index (χ1n) is 6.77. The molecule has 6 nitrogen and oxygen atoms in total. The molecular formula is C15H21NO5. The average molecular weight is 295 g/mol. The number of benzene rings is 1. The maximum Gasteiger partial charge on any atom is 0.326 e. The topological polar surface area (TPSA) is 84.9 Å². The molecule has 0 heterocycles. The molecule has 116 valence electrons. The van der Waals surface area contributed by atoms with Crippen LogP contribution in [0.1, 0.15) is 20.3 Å². The van der Waals surface area contributed by atoms with E-state index in [-0.39, 0.29) is 12.5 Å². The third kappa shape index (κ3) is 5.33. The van der Waals surface area contributed by atoms with E-state index in [1.54, 1.807) is 38.3 Å². The van der Waals surface area contributed by atoms with Crippen molar-refractivity contribution in [2.45, 2.75) is 26.3 Å². The molecule has 0 aliphatic carbocycles. The number of aliphatic carboxylic acids is 1. The van der Waals surface area contributed by atoms with Gasteiger partial charge in [0.15, 0.2) is 6.61 Å². The molecule has 1 amide bonds. The molecule has 0 aromatic heterocycles. The molecule has 0 radical (unpaired) electrons. The van der Waals surface area contributed by atoms with Crippen LogP contribution in [-0.2, 0) is 9.59 Å². The predicted molar refractivity (Wildman–Crippen MR) is 77.5 cm³/mol. The van der Waals surface area contributed by atoms with Gasteiger partial charge in [-0.3, -0.25) is 4.79 Å². The van der Waals surface area contributed by atoms with Crippen LogP contribution in [0.3, 0.4) is 0 Å². The lowest BCUT2D eigenvalue weighted by molar-refractivity contribution is -0.143. The number of carbonyl (C=O) groups excluding carboxylic acids is 1. The first-order chi connectivity index (χ1) is 9.97. The van der Waals surface area contributed by atoms with Crippen molar-refractivity contribution in [3.05, 3.63) is 24.3 Å². The van der Waals surface area contributed by atoms with E-state index in [4.69, 9.17) is 14.6 Å². The fraction of sp³-hybridized carbons (Fsp3) is 0.467. The normalized spacial score (nSPS) is 13.1. The first-order valence-corrected chi connectivity index (χ1v) is 6.77. The summed E-state index contributed by atoms with van der Waals surface area (Å²) in [5, 5.41) is 11.6. The first kappa shape index (κ1) is 16.8. The highest BCUT2D eigenvalue weighted by Crippen LogP contribution is 2.16. The van der Waals surface area contributed by atoms with Gasteiger partial charge >= 0.3 is 5.97 Å². The number of carboxylic acids is 1. The highest BCUT2D eigenvalue weighted by molar-refractivity contribution is 5.84. The Morgan fingerprint density at radius 1 is 1.24 bits per heavy atom. The molecule has 0 spiro atoms. The molecule has 0 aliphatic rings. The largest absolute Gasteiger partial charge is 0.497 e. The number of carbonyl (C=O) groups is 2. The third-order valence-electron chi connectivity index (χ3n) is 3.22. The highest BCUT2D eigenvalue weighted by Gasteiger charge is 2.25. The van der Waals surface area contributed by atoms with E-state index in [1.165, 1.54) is 0 Å². The zero-order chi connectivity index (χ0) is 15.8. The SMILES string of the molecule is CCC(C)[C@H](NC(=O)COc1ccc(OC)cc1)C(=O)O. The summed E-state index contributed by atoms with van der Waals surface area (Å²) in [5.74, 6) is -0.441. The molecular weight excluding hydrogens is 274 g/mol. The molecule has 1 aromatic carbocycles. The third-order valence-corrected chi connectivity index (χ3v) is 3.22. The van der Waals surface area contributed by atoms with Gasteiger partial charge in [-0.1, -0.05) is 20.3 Å². The Morgan fingerprint density at radius 3 is 2.29 bits per heavy atom. The van der Waals surface area contributed by atoms with Crippen molar-refractivity contribution in [3.63, 3.8) is 0 Å². The number of hydrogen-bond donors (Lipinski definition) is 2. The monoisotopic (exact) mass is 295 g/mol. The fourth-order valence-electron chi connectivity index (χ4n) is 1.72. The van der Waals surface area contributed by atoms with E-state index >= 15 is 0 Å². The molecule has 0 bridgehead atoms. The van der Waals surface area contributed by atoms with E-state index in [0.29, 0.717) is 17.9 Å². The summed E-state index contributed by atoms with van der Waals surface area (Å²) in [6, 6.07) is 5.88. The molecule has 0 aliphatic heterocycles. The van der Waals surface area contributed by atoms with Crippen LogP contribution in [0.15, 0.2) is 24.3 Å². The van der Waals surface area contributed by atoms with Crippen molar-refractivity contribution in [2.75, 3.05) is 13.7 Å². The standard InChI is InChI=1S/C15H21NO5/c1-4-10(2)14(15(18)19)16-13(17)9-21-12-7-5-11(20-3)6-8-12/h5-8,10,14H,4,9H2,1-3H3,(H,16,17)(H,18,19)/t10?,14-/m0/s1. The van der Waals surface area contributed by atoms with Gasteiger partial charge in [0, 0.05) is 0 Å². The summed E-state index contributed by atoms with van der Waals surface area (Å²) in [4.78, 5) is 22.9. The van der Waals surface area contributed by atoms with Gasteiger partial charge in [0.1, 0.15) is 17.5 Å². The van der Waals surface area contributed by atoms with Crippen LogP contribution in [0.2, 0.25) is 0 Å². The minimum atomic E-state index is -1.04. The van der Waals surface area contributed by atoms with Crippen molar-refractivity contribution in [3.8, 4) is 11.5 Å². The molecule has 2 atom stereocenters. The van der Waals surface area contributed by atoms with Crippen LogP contribution in [0.5, 0.6) is 11.5 Å². The molecule has 1 rings (SSSR count). The van der Waals surface area contributed by atoms with Crippen molar-refractivity contribution in [2.24, 2.45) is 5.92 Å². The molecule has 21 heavy (non-hydrogen) atoms. The van der Waals surface area contributed by atoms with Crippen LogP contribution in [0.4, 0.5) is 0 Å². The maximum absolute atomic E-state index is 11.8. The lowest BCUT2D eigenvalue weighted by Gasteiger charge is -2.20. The van der Waals surface area contributed by atoms with Gasteiger partial charge in [0.2, 0.25) is 0 Å². The van der Waals surface area contributed by atoms with E-state index < -0.39 is 17.9 Å². The minimum absolute atomic E-state index is 0.146. The molecule has 0 saturated heterocycles. The Labute approximate surface area is 124 Å². The quantitative estimate of drug-likeness (QED) is 0.762. The lowest BCUT2D eigenvalue weighted by atomic mass is 9.99. The second-order valence-corrected chi connectivity index (χ2v) is 4.73. The van der Waals surface area contributed by atoms with E-state index in [0.717, 1.165) is 0 Å². The van der Waals surface area contributed by atoms with Gasteiger partial charge < -0.3 is 19.9 Å². The van der Waals surface area contributed by atoms with Gasteiger partial charge in [-0.25, -0.2) is 4.79 Å². The molecule has 6 heteroatoms. The number of amides is 1. The van der Waals surface area contributed by atoms with Gasteiger partial charge in [0.25, 0.3) is 5.91 Å². The average Bonchev–Trinajstić information content (AvgIpc) is 2.50. The second-order valence-electron chi connectivity index (χ2n) is 4.73. The molecule has 2 N–H and O–H groups in total. The van der Waals surface area contributed by atoms with Crippen LogP contribution in [0.25, 0.3) is 0 Å². The number of ether oxygens (including phenoxy) is 2. The van der Waals surface area contributed by atoms with Crippen LogP contribution in [0, 0.1) is 5.92 Å². The summed E-state index contributed by atoms with van der Waals surface area (Å²) in [7, 11) is 1.56. The van der Waals surface area contributed by atoms with E-state index in [1.807, 2.05) is 6.92 Å². The summed E-state index contributed by atoms with van der Waals surface area (Å²) < 4.78 is 10.3. The lowest BCUT2D eigenvalue weighted by Crippen LogP contribution is -2.46. The van der Waals surface area contributed by atoms with Gasteiger partial charge in [-0.15, -0.1) is 0 Å². The number of rotatable bonds is 8. The molecule has 0 fully saturated rings. The Morgan fingerprint density at radius 2 is 1.81 bits per heavy atom.